The number of nitrogens with one attached hydrogen (secondary N) is 1. The Balaban J connectivity index is 1.94. The van der Waals surface area contributed by atoms with Crippen LogP contribution in [-0.2, 0) is 11.3 Å². The molecule has 0 spiro atoms. The maximum Gasteiger partial charge on any atom is 0.471 e. The first-order valence-corrected chi connectivity index (χ1v) is 5.81. The van der Waals surface area contributed by atoms with Crippen molar-refractivity contribution in [1.29, 1.82) is 0 Å². The highest BCUT2D eigenvalue weighted by atomic mass is 19.4. The largest absolute Gasteiger partial charge is 0.471 e. The van der Waals surface area contributed by atoms with Gasteiger partial charge in [-0.3, -0.25) is 9.59 Å². The van der Waals surface area contributed by atoms with Gasteiger partial charge in [0.1, 0.15) is 0 Å². The van der Waals surface area contributed by atoms with Crippen molar-refractivity contribution in [2.45, 2.75) is 31.5 Å². The number of alkyl halides is 3. The predicted molar refractivity (Wildman–Crippen MR) is 59.5 cm³/mol. The third kappa shape index (κ3) is 3.55. The fourth-order valence-corrected chi connectivity index (χ4v) is 1.60. The van der Waals surface area contributed by atoms with E-state index < -0.39 is 17.6 Å². The van der Waals surface area contributed by atoms with Gasteiger partial charge in [0, 0.05) is 18.5 Å². The minimum absolute atomic E-state index is 0.0821. The Kier molecular flexibility index (Phi) is 3.59. The summed E-state index contributed by atoms with van der Waals surface area (Å²) in [6.07, 6.45) is -2.89. The molecule has 1 amide bonds. The van der Waals surface area contributed by atoms with Crippen molar-refractivity contribution in [1.82, 2.24) is 15.1 Å². The molecule has 1 aromatic rings. The molecule has 8 heteroatoms. The summed E-state index contributed by atoms with van der Waals surface area (Å²) in [5.74, 6) is -1.67. The van der Waals surface area contributed by atoms with Gasteiger partial charge in [0.2, 0.25) is 0 Å². The fourth-order valence-electron chi connectivity index (χ4n) is 1.60. The lowest BCUT2D eigenvalue weighted by Gasteiger charge is -2.09. The predicted octanol–water partition coefficient (Wildman–Crippen LogP) is 0.799. The minimum Gasteiger partial charge on any atom is -0.346 e. The number of aromatic nitrogens is 2. The fraction of sp³-hybridized carbons (Fsp3) is 0.545. The van der Waals surface area contributed by atoms with E-state index in [4.69, 9.17) is 0 Å². The molecule has 1 aromatic heterocycles. The van der Waals surface area contributed by atoms with E-state index >= 15 is 0 Å². The molecule has 0 unspecified atom stereocenters. The lowest BCUT2D eigenvalue weighted by Crippen LogP contribution is -2.39. The molecule has 0 aliphatic heterocycles. The normalized spacial score (nSPS) is 15.3. The van der Waals surface area contributed by atoms with Crippen molar-refractivity contribution in [2.75, 3.05) is 6.54 Å². The third-order valence-corrected chi connectivity index (χ3v) is 2.75. The number of rotatable bonds is 4. The van der Waals surface area contributed by atoms with Gasteiger partial charge in [0.05, 0.1) is 12.2 Å². The lowest BCUT2D eigenvalue weighted by molar-refractivity contribution is -0.173. The lowest BCUT2D eigenvalue weighted by atomic mass is 10.3. The second kappa shape index (κ2) is 5.02. The molecular formula is C11H12F3N3O2. The van der Waals surface area contributed by atoms with Gasteiger partial charge in [0.25, 0.3) is 5.56 Å². The van der Waals surface area contributed by atoms with Crippen LogP contribution < -0.4 is 10.9 Å². The average molecular weight is 275 g/mol. The van der Waals surface area contributed by atoms with Crippen molar-refractivity contribution < 1.29 is 18.0 Å². The molecule has 1 saturated carbocycles. The van der Waals surface area contributed by atoms with E-state index in [0.717, 1.165) is 23.2 Å². The first-order chi connectivity index (χ1) is 8.88. The quantitative estimate of drug-likeness (QED) is 0.884. The number of hydrogen-bond donors (Lipinski definition) is 1. The Labute approximate surface area is 106 Å². The van der Waals surface area contributed by atoms with Crippen LogP contribution in [0.3, 0.4) is 0 Å². The molecule has 1 aliphatic rings. The topological polar surface area (TPSA) is 64.0 Å². The van der Waals surface area contributed by atoms with Crippen LogP contribution in [-0.4, -0.2) is 28.4 Å². The molecule has 0 bridgehead atoms. The maximum absolute atomic E-state index is 11.9. The Bertz CT molecular complexity index is 535. The molecule has 19 heavy (non-hydrogen) atoms. The Morgan fingerprint density at radius 3 is 2.68 bits per heavy atom. The highest BCUT2D eigenvalue weighted by molar-refractivity contribution is 5.81. The standard InChI is InChI=1S/C11H12F3N3O2/c12-11(13,14)10(19)15-5-6-17-9(18)4-3-8(16-17)7-1-2-7/h3-4,7H,1-2,5-6H2,(H,15,19). The summed E-state index contributed by atoms with van der Waals surface area (Å²) in [7, 11) is 0. The third-order valence-electron chi connectivity index (χ3n) is 2.75. The van der Waals surface area contributed by atoms with E-state index in [-0.39, 0.29) is 13.1 Å². The molecule has 0 saturated heterocycles. The van der Waals surface area contributed by atoms with E-state index in [0.29, 0.717) is 5.92 Å². The highest BCUT2D eigenvalue weighted by Gasteiger charge is 2.38. The van der Waals surface area contributed by atoms with Crippen LogP contribution >= 0.6 is 0 Å². The van der Waals surface area contributed by atoms with Gasteiger partial charge < -0.3 is 5.32 Å². The average Bonchev–Trinajstić information content (AvgIpc) is 3.14. The molecule has 1 heterocycles. The van der Waals surface area contributed by atoms with E-state index in [1.54, 1.807) is 11.4 Å². The van der Waals surface area contributed by atoms with E-state index in [9.17, 15) is 22.8 Å². The Morgan fingerprint density at radius 1 is 1.42 bits per heavy atom. The van der Waals surface area contributed by atoms with Gasteiger partial charge in [-0.1, -0.05) is 0 Å². The molecule has 2 rings (SSSR count). The van der Waals surface area contributed by atoms with Crippen molar-refractivity contribution in [2.24, 2.45) is 0 Å². The highest BCUT2D eigenvalue weighted by Crippen LogP contribution is 2.38. The van der Waals surface area contributed by atoms with Crippen LogP contribution in [0.2, 0.25) is 0 Å². The summed E-state index contributed by atoms with van der Waals surface area (Å²) in [5.41, 5.74) is 0.368. The number of hydrogen-bond acceptors (Lipinski definition) is 3. The van der Waals surface area contributed by atoms with E-state index in [1.165, 1.54) is 6.07 Å². The van der Waals surface area contributed by atoms with Crippen molar-refractivity contribution in [3.63, 3.8) is 0 Å². The molecule has 0 radical (unpaired) electrons. The van der Waals surface area contributed by atoms with Gasteiger partial charge in [-0.2, -0.15) is 18.3 Å². The summed E-state index contributed by atoms with van der Waals surface area (Å²) >= 11 is 0. The van der Waals surface area contributed by atoms with Gasteiger partial charge in [-0.25, -0.2) is 4.68 Å². The molecule has 104 valence electrons. The molecular weight excluding hydrogens is 263 g/mol. The van der Waals surface area contributed by atoms with Gasteiger partial charge in [0.15, 0.2) is 0 Å². The number of amides is 1. The number of nitrogens with zero attached hydrogens (tertiary/aromatic N) is 2. The van der Waals surface area contributed by atoms with Crippen LogP contribution in [0.5, 0.6) is 0 Å². The number of carbonyl (C=O) groups is 1. The molecule has 1 aliphatic carbocycles. The van der Waals surface area contributed by atoms with Crippen LogP contribution in [0.25, 0.3) is 0 Å². The number of halogens is 3. The van der Waals surface area contributed by atoms with Gasteiger partial charge in [-0.05, 0) is 18.9 Å². The first-order valence-electron chi connectivity index (χ1n) is 5.81. The molecule has 0 aromatic carbocycles. The summed E-state index contributed by atoms with van der Waals surface area (Å²) in [5, 5.41) is 5.76. The monoisotopic (exact) mass is 275 g/mol. The van der Waals surface area contributed by atoms with Crippen LogP contribution in [0.1, 0.15) is 24.5 Å². The van der Waals surface area contributed by atoms with Gasteiger partial charge >= 0.3 is 12.1 Å². The second-order valence-electron chi connectivity index (χ2n) is 4.35. The zero-order valence-electron chi connectivity index (χ0n) is 9.91. The maximum atomic E-state index is 11.9. The minimum atomic E-state index is -4.91. The molecule has 0 atom stereocenters. The van der Waals surface area contributed by atoms with Crippen molar-refractivity contribution in [3.05, 3.63) is 28.2 Å². The van der Waals surface area contributed by atoms with Crippen molar-refractivity contribution in [3.8, 4) is 0 Å². The first kappa shape index (κ1) is 13.6. The Morgan fingerprint density at radius 2 is 2.11 bits per heavy atom. The number of carbonyl (C=O) groups excluding carboxylic acids is 1. The molecule has 1 fully saturated rings. The van der Waals surface area contributed by atoms with E-state index in [2.05, 4.69) is 5.10 Å². The smallest absolute Gasteiger partial charge is 0.346 e. The van der Waals surface area contributed by atoms with Crippen LogP contribution in [0.4, 0.5) is 13.2 Å². The molecule has 5 nitrogen and oxygen atoms in total. The summed E-state index contributed by atoms with van der Waals surface area (Å²) in [4.78, 5) is 22.0. The summed E-state index contributed by atoms with van der Waals surface area (Å²) in [6, 6.07) is 2.97. The zero-order chi connectivity index (χ0) is 14.0. The Hall–Kier alpha value is -1.86. The molecule has 1 N–H and O–H groups in total. The SMILES string of the molecule is O=C(NCCn1nc(C2CC2)ccc1=O)C(F)(F)F. The zero-order valence-corrected chi connectivity index (χ0v) is 9.91. The van der Waals surface area contributed by atoms with Crippen LogP contribution in [0, 0.1) is 0 Å². The second-order valence-corrected chi connectivity index (χ2v) is 4.35. The summed E-state index contributed by atoms with van der Waals surface area (Å²) in [6.45, 7) is -0.374. The van der Waals surface area contributed by atoms with Crippen molar-refractivity contribution >= 4 is 5.91 Å². The summed E-state index contributed by atoms with van der Waals surface area (Å²) < 4.78 is 36.9. The van der Waals surface area contributed by atoms with Crippen LogP contribution in [0.15, 0.2) is 16.9 Å². The van der Waals surface area contributed by atoms with E-state index in [1.807, 2.05) is 0 Å². The van der Waals surface area contributed by atoms with Gasteiger partial charge in [-0.15, -0.1) is 0 Å².